The lowest BCUT2D eigenvalue weighted by Crippen LogP contribution is -2.45. The first kappa shape index (κ1) is 10.3. The van der Waals surface area contributed by atoms with Gasteiger partial charge in [-0.25, -0.2) is 9.80 Å². The Bertz CT molecular complexity index is 286. The monoisotopic (exact) mass is 194 g/mol. The largest absolute Gasteiger partial charge is 0.347 e. The molecule has 1 aromatic rings. The third-order valence-electron chi connectivity index (χ3n) is 1.42. The molecular weight excluding hydrogens is 180 g/mol. The maximum atomic E-state index is 11.1. The number of rotatable bonds is 3. The van der Waals surface area contributed by atoms with Crippen molar-refractivity contribution in [1.82, 2.24) is 15.9 Å². The smallest absolute Gasteiger partial charge is 0.297 e. The third kappa shape index (κ3) is 3.77. The second-order valence-electron chi connectivity index (χ2n) is 2.95. The summed E-state index contributed by atoms with van der Waals surface area (Å²) in [5.74, 6) is 0. The number of anilines is 1. The molecule has 14 heavy (non-hydrogen) atoms. The number of hydrogen-bond acceptors (Lipinski definition) is 3. The molecular formula is C9H14N4O. The van der Waals surface area contributed by atoms with Gasteiger partial charge in [-0.15, -0.1) is 0 Å². The molecule has 0 aliphatic heterocycles. The average Bonchev–Trinajstić information content (AvgIpc) is 2.15. The van der Waals surface area contributed by atoms with Crippen molar-refractivity contribution in [3.63, 3.8) is 0 Å². The van der Waals surface area contributed by atoms with E-state index in [-0.39, 0.29) is 6.03 Å². The molecule has 0 atom stereocenters. The molecule has 76 valence electrons. The first-order valence-electron chi connectivity index (χ1n) is 4.23. The SMILES string of the molecule is CN(C)NC(=O)NNc1ccccc1. The van der Waals surface area contributed by atoms with Crippen LogP contribution in [0.2, 0.25) is 0 Å². The fourth-order valence-electron chi connectivity index (χ4n) is 0.881. The van der Waals surface area contributed by atoms with Crippen LogP contribution in [0.4, 0.5) is 10.5 Å². The molecule has 3 N–H and O–H groups in total. The Balaban J connectivity index is 2.31. The minimum absolute atomic E-state index is 0.307. The van der Waals surface area contributed by atoms with E-state index in [4.69, 9.17) is 0 Å². The van der Waals surface area contributed by atoms with Gasteiger partial charge < -0.3 is 0 Å². The van der Waals surface area contributed by atoms with Crippen LogP contribution in [-0.4, -0.2) is 25.1 Å². The number of urea groups is 1. The molecule has 0 unspecified atom stereocenters. The van der Waals surface area contributed by atoms with Crippen molar-refractivity contribution in [3.8, 4) is 0 Å². The van der Waals surface area contributed by atoms with E-state index in [0.717, 1.165) is 5.69 Å². The van der Waals surface area contributed by atoms with Crippen molar-refractivity contribution in [2.24, 2.45) is 0 Å². The lowest BCUT2D eigenvalue weighted by Gasteiger charge is -2.13. The lowest BCUT2D eigenvalue weighted by atomic mass is 10.3. The molecule has 0 saturated heterocycles. The van der Waals surface area contributed by atoms with E-state index < -0.39 is 0 Å². The van der Waals surface area contributed by atoms with Gasteiger partial charge in [0.15, 0.2) is 0 Å². The van der Waals surface area contributed by atoms with E-state index >= 15 is 0 Å². The van der Waals surface area contributed by atoms with E-state index in [0.29, 0.717) is 0 Å². The number of hydrazine groups is 2. The Labute approximate surface area is 83.0 Å². The van der Waals surface area contributed by atoms with Crippen molar-refractivity contribution in [2.75, 3.05) is 19.5 Å². The fourth-order valence-corrected chi connectivity index (χ4v) is 0.881. The molecule has 0 bridgehead atoms. The number of para-hydroxylation sites is 1. The molecule has 0 radical (unpaired) electrons. The summed E-state index contributed by atoms with van der Waals surface area (Å²) in [6.45, 7) is 0. The van der Waals surface area contributed by atoms with Gasteiger partial charge in [0.2, 0.25) is 0 Å². The predicted octanol–water partition coefficient (Wildman–Crippen LogP) is 0.789. The van der Waals surface area contributed by atoms with Crippen LogP contribution >= 0.6 is 0 Å². The Morgan fingerprint density at radius 2 is 1.86 bits per heavy atom. The van der Waals surface area contributed by atoms with Gasteiger partial charge >= 0.3 is 6.03 Å². The van der Waals surface area contributed by atoms with Crippen LogP contribution in [0.15, 0.2) is 30.3 Å². The van der Waals surface area contributed by atoms with Gasteiger partial charge in [0.05, 0.1) is 5.69 Å². The molecule has 1 rings (SSSR count). The highest BCUT2D eigenvalue weighted by Crippen LogP contribution is 2.01. The topological polar surface area (TPSA) is 56.4 Å². The van der Waals surface area contributed by atoms with Crippen LogP contribution in [0.3, 0.4) is 0 Å². The van der Waals surface area contributed by atoms with Crippen molar-refractivity contribution in [2.45, 2.75) is 0 Å². The molecule has 0 aromatic heterocycles. The van der Waals surface area contributed by atoms with Crippen LogP contribution < -0.4 is 16.3 Å². The van der Waals surface area contributed by atoms with E-state index in [1.807, 2.05) is 30.3 Å². The highest BCUT2D eigenvalue weighted by atomic mass is 16.2. The summed E-state index contributed by atoms with van der Waals surface area (Å²) in [7, 11) is 3.48. The Morgan fingerprint density at radius 1 is 1.21 bits per heavy atom. The molecule has 0 fully saturated rings. The van der Waals surface area contributed by atoms with Crippen molar-refractivity contribution < 1.29 is 4.79 Å². The van der Waals surface area contributed by atoms with Crippen molar-refractivity contribution in [3.05, 3.63) is 30.3 Å². The molecule has 0 saturated carbocycles. The number of benzene rings is 1. The number of carbonyl (C=O) groups excluding carboxylic acids is 1. The molecule has 0 aliphatic rings. The highest BCUT2D eigenvalue weighted by molar-refractivity contribution is 5.74. The van der Waals surface area contributed by atoms with Gasteiger partial charge in [0.1, 0.15) is 0 Å². The third-order valence-corrected chi connectivity index (χ3v) is 1.42. The van der Waals surface area contributed by atoms with Crippen LogP contribution in [0, 0.1) is 0 Å². The first-order chi connectivity index (χ1) is 6.68. The van der Waals surface area contributed by atoms with Gasteiger partial charge in [0, 0.05) is 14.1 Å². The number of nitrogens with one attached hydrogen (secondary N) is 3. The molecule has 2 amide bonds. The normalized spacial score (nSPS) is 9.64. The molecule has 0 heterocycles. The molecule has 5 nitrogen and oxygen atoms in total. The quantitative estimate of drug-likeness (QED) is 0.623. The van der Waals surface area contributed by atoms with Gasteiger partial charge in [-0.1, -0.05) is 18.2 Å². The predicted molar refractivity (Wildman–Crippen MR) is 55.4 cm³/mol. The summed E-state index contributed by atoms with van der Waals surface area (Å²) in [6.07, 6.45) is 0. The Hall–Kier alpha value is -1.75. The summed E-state index contributed by atoms with van der Waals surface area (Å²) >= 11 is 0. The minimum Gasteiger partial charge on any atom is -0.297 e. The van der Waals surface area contributed by atoms with E-state index in [9.17, 15) is 4.79 Å². The second kappa shape index (κ2) is 5.08. The molecule has 0 aliphatic carbocycles. The van der Waals surface area contributed by atoms with Gasteiger partial charge in [-0.3, -0.25) is 16.3 Å². The van der Waals surface area contributed by atoms with Crippen molar-refractivity contribution in [1.29, 1.82) is 0 Å². The number of hydrogen-bond donors (Lipinski definition) is 3. The van der Waals surface area contributed by atoms with Gasteiger partial charge in [-0.2, -0.15) is 0 Å². The zero-order chi connectivity index (χ0) is 10.4. The number of nitrogens with zero attached hydrogens (tertiary/aromatic N) is 1. The molecule has 0 spiro atoms. The summed E-state index contributed by atoms with van der Waals surface area (Å²) in [4.78, 5) is 11.1. The van der Waals surface area contributed by atoms with Crippen LogP contribution in [0.5, 0.6) is 0 Å². The Morgan fingerprint density at radius 3 is 2.43 bits per heavy atom. The van der Waals surface area contributed by atoms with Gasteiger partial charge in [-0.05, 0) is 12.1 Å². The zero-order valence-corrected chi connectivity index (χ0v) is 8.24. The highest BCUT2D eigenvalue weighted by Gasteiger charge is 1.98. The number of amides is 2. The average molecular weight is 194 g/mol. The van der Waals surface area contributed by atoms with E-state index in [1.54, 1.807) is 19.1 Å². The first-order valence-corrected chi connectivity index (χ1v) is 4.23. The summed E-state index contributed by atoms with van der Waals surface area (Å²) in [5.41, 5.74) is 8.62. The minimum atomic E-state index is -0.307. The molecule has 5 heteroatoms. The Kier molecular flexibility index (Phi) is 3.75. The van der Waals surface area contributed by atoms with Gasteiger partial charge in [0.25, 0.3) is 0 Å². The fraction of sp³-hybridized carbons (Fsp3) is 0.222. The maximum Gasteiger partial charge on any atom is 0.347 e. The van der Waals surface area contributed by atoms with Crippen LogP contribution in [-0.2, 0) is 0 Å². The summed E-state index contributed by atoms with van der Waals surface area (Å²) in [5, 5.41) is 1.56. The van der Waals surface area contributed by atoms with Crippen LogP contribution in [0.1, 0.15) is 0 Å². The summed E-state index contributed by atoms with van der Waals surface area (Å²) < 4.78 is 0. The standard InChI is InChI=1S/C9H14N4O/c1-13(2)12-9(14)11-10-8-6-4-3-5-7-8/h3-7,10H,1-2H3,(H2,11,12,14). The lowest BCUT2D eigenvalue weighted by molar-refractivity contribution is 0.214. The van der Waals surface area contributed by atoms with E-state index in [2.05, 4.69) is 16.3 Å². The van der Waals surface area contributed by atoms with E-state index in [1.165, 1.54) is 0 Å². The maximum absolute atomic E-state index is 11.1. The number of carbonyl (C=O) groups is 1. The van der Waals surface area contributed by atoms with Crippen molar-refractivity contribution >= 4 is 11.7 Å². The second-order valence-corrected chi connectivity index (χ2v) is 2.95. The zero-order valence-electron chi connectivity index (χ0n) is 8.24. The van der Waals surface area contributed by atoms with Crippen LogP contribution in [0.25, 0.3) is 0 Å². The molecule has 1 aromatic carbocycles. The summed E-state index contributed by atoms with van der Waals surface area (Å²) in [6, 6.07) is 9.08.